The van der Waals surface area contributed by atoms with Gasteiger partial charge in [-0.05, 0) is 40.0 Å². The number of carbonyl (C=O) groups is 2. The fraction of sp³-hybridized carbons (Fsp3) is 0.385. The van der Waals surface area contributed by atoms with Gasteiger partial charge in [-0.3, -0.25) is 9.59 Å². The van der Waals surface area contributed by atoms with E-state index in [0.717, 1.165) is 10.2 Å². The maximum absolute atomic E-state index is 11.1. The molecule has 1 aliphatic heterocycles. The molecule has 0 saturated carbocycles. The van der Waals surface area contributed by atoms with E-state index in [9.17, 15) is 9.59 Å². The van der Waals surface area contributed by atoms with Crippen molar-refractivity contribution in [1.82, 2.24) is 0 Å². The van der Waals surface area contributed by atoms with E-state index in [1.165, 1.54) is 0 Å². The molecule has 2 atom stereocenters. The molecule has 1 saturated heterocycles. The molecule has 2 rings (SSSR count). The summed E-state index contributed by atoms with van der Waals surface area (Å²) in [4.78, 5) is 24.2. The Labute approximate surface area is 119 Å². The van der Waals surface area contributed by atoms with Gasteiger partial charge in [-0.15, -0.1) is 0 Å². The van der Waals surface area contributed by atoms with Crippen LogP contribution in [0.3, 0.4) is 0 Å². The van der Waals surface area contributed by atoms with Gasteiger partial charge in [0.15, 0.2) is 0 Å². The smallest absolute Gasteiger partial charge is 0.308 e. The summed E-state index contributed by atoms with van der Waals surface area (Å²) in [6.07, 6.45) is 0. The Hall–Kier alpha value is -1.56. The summed E-state index contributed by atoms with van der Waals surface area (Å²) in [6.45, 7) is 3.10. The molecule has 1 aliphatic rings. The van der Waals surface area contributed by atoms with Crippen LogP contribution in [0, 0.1) is 11.8 Å². The minimum atomic E-state index is -0.764. The summed E-state index contributed by atoms with van der Waals surface area (Å²) >= 11 is 3.41. The van der Waals surface area contributed by atoms with Gasteiger partial charge >= 0.3 is 5.97 Å². The number of carbonyl (C=O) groups excluding carboxylic acids is 1. The maximum atomic E-state index is 11.1. The molecule has 5 nitrogen and oxygen atoms in total. The van der Waals surface area contributed by atoms with Gasteiger partial charge in [-0.25, -0.2) is 0 Å². The Morgan fingerprint density at radius 1 is 1.42 bits per heavy atom. The van der Waals surface area contributed by atoms with E-state index in [1.807, 2.05) is 11.8 Å². The van der Waals surface area contributed by atoms with Crippen LogP contribution in [-0.4, -0.2) is 30.1 Å². The average Bonchev–Trinajstić information content (AvgIpc) is 2.71. The predicted molar refractivity (Wildman–Crippen MR) is 75.2 cm³/mol. The Morgan fingerprint density at radius 3 is 2.58 bits per heavy atom. The van der Waals surface area contributed by atoms with Crippen LogP contribution in [0.4, 0.5) is 5.69 Å². The number of benzene rings is 1. The van der Waals surface area contributed by atoms with Crippen LogP contribution >= 0.6 is 15.9 Å². The number of amides is 1. The number of hydrogen-bond acceptors (Lipinski definition) is 3. The third kappa shape index (κ3) is 2.73. The third-order valence-electron chi connectivity index (χ3n) is 3.50. The third-order valence-corrected chi connectivity index (χ3v) is 4.14. The summed E-state index contributed by atoms with van der Waals surface area (Å²) in [7, 11) is 0. The number of primary amides is 1. The Kier molecular flexibility index (Phi) is 3.80. The van der Waals surface area contributed by atoms with Gasteiger partial charge in [0.1, 0.15) is 0 Å². The van der Waals surface area contributed by atoms with E-state index < -0.39 is 11.9 Å². The lowest BCUT2D eigenvalue weighted by molar-refractivity contribution is -0.142. The summed E-state index contributed by atoms with van der Waals surface area (Å²) in [5.41, 5.74) is 6.54. The molecule has 1 heterocycles. The second kappa shape index (κ2) is 5.21. The molecule has 0 bridgehead atoms. The highest BCUT2D eigenvalue weighted by atomic mass is 79.9. The van der Waals surface area contributed by atoms with Crippen molar-refractivity contribution in [3.63, 3.8) is 0 Å². The van der Waals surface area contributed by atoms with E-state index in [2.05, 4.69) is 15.9 Å². The fourth-order valence-corrected chi connectivity index (χ4v) is 3.03. The van der Waals surface area contributed by atoms with Gasteiger partial charge in [0.05, 0.1) is 11.6 Å². The highest BCUT2D eigenvalue weighted by molar-refractivity contribution is 9.10. The second-order valence-corrected chi connectivity index (χ2v) is 5.71. The van der Waals surface area contributed by atoms with Crippen molar-refractivity contribution >= 4 is 33.5 Å². The summed E-state index contributed by atoms with van der Waals surface area (Å²) in [5.74, 6) is -1.51. The van der Waals surface area contributed by atoms with Crippen LogP contribution in [0.25, 0.3) is 0 Å². The molecule has 1 amide bonds. The predicted octanol–water partition coefficient (Wildman–Crippen LogP) is 1.70. The fourth-order valence-electron chi connectivity index (χ4n) is 2.40. The molecule has 1 aromatic carbocycles. The molecule has 102 valence electrons. The standard InChI is InChI=1S/C13H15BrN2O3/c1-7-5-16(6-9(7)13(18)19)11-3-2-8(12(15)17)4-10(11)14/h2-4,7,9H,5-6H2,1H3,(H2,15,17)(H,18,19). The lowest BCUT2D eigenvalue weighted by Crippen LogP contribution is -2.23. The monoisotopic (exact) mass is 326 g/mol. The first-order valence-electron chi connectivity index (χ1n) is 5.97. The molecule has 0 spiro atoms. The van der Waals surface area contributed by atoms with Crippen molar-refractivity contribution in [2.45, 2.75) is 6.92 Å². The van der Waals surface area contributed by atoms with E-state index in [4.69, 9.17) is 10.8 Å². The molecule has 19 heavy (non-hydrogen) atoms. The van der Waals surface area contributed by atoms with E-state index in [-0.39, 0.29) is 11.8 Å². The SMILES string of the molecule is CC1CN(c2ccc(C(N)=O)cc2Br)CC1C(=O)O. The first-order valence-corrected chi connectivity index (χ1v) is 6.76. The Morgan fingerprint density at radius 2 is 2.11 bits per heavy atom. The van der Waals surface area contributed by atoms with Gasteiger partial charge in [0.25, 0.3) is 0 Å². The lowest BCUT2D eigenvalue weighted by Gasteiger charge is -2.20. The number of halogens is 1. The van der Waals surface area contributed by atoms with Crippen LogP contribution in [0.5, 0.6) is 0 Å². The zero-order chi connectivity index (χ0) is 14.2. The van der Waals surface area contributed by atoms with E-state index >= 15 is 0 Å². The quantitative estimate of drug-likeness (QED) is 0.885. The van der Waals surface area contributed by atoms with Crippen LogP contribution in [0.1, 0.15) is 17.3 Å². The first kappa shape index (κ1) is 13.9. The number of aliphatic carboxylic acids is 1. The molecule has 3 N–H and O–H groups in total. The van der Waals surface area contributed by atoms with Crippen molar-refractivity contribution in [2.75, 3.05) is 18.0 Å². The highest BCUT2D eigenvalue weighted by Crippen LogP contribution is 2.33. The number of anilines is 1. The number of nitrogens with two attached hydrogens (primary N) is 1. The van der Waals surface area contributed by atoms with Gasteiger partial charge < -0.3 is 15.7 Å². The molecule has 6 heteroatoms. The van der Waals surface area contributed by atoms with Gasteiger partial charge in [-0.2, -0.15) is 0 Å². The number of carboxylic acids is 1. The number of carboxylic acid groups (broad SMARTS) is 1. The molecular formula is C13H15BrN2O3. The highest BCUT2D eigenvalue weighted by Gasteiger charge is 2.35. The second-order valence-electron chi connectivity index (χ2n) is 4.86. The van der Waals surface area contributed by atoms with Crippen LogP contribution in [0.15, 0.2) is 22.7 Å². The Bertz CT molecular complexity index is 533. The molecule has 0 radical (unpaired) electrons. The van der Waals surface area contributed by atoms with E-state index in [1.54, 1.807) is 18.2 Å². The molecular weight excluding hydrogens is 312 g/mol. The van der Waals surface area contributed by atoms with E-state index in [0.29, 0.717) is 18.7 Å². The molecule has 2 unspecified atom stereocenters. The number of rotatable bonds is 3. The average molecular weight is 327 g/mol. The van der Waals surface area contributed by atoms with Crippen LogP contribution in [0.2, 0.25) is 0 Å². The van der Waals surface area contributed by atoms with Crippen LogP contribution in [-0.2, 0) is 4.79 Å². The van der Waals surface area contributed by atoms with Crippen molar-refractivity contribution in [2.24, 2.45) is 17.6 Å². The zero-order valence-corrected chi connectivity index (χ0v) is 12.1. The van der Waals surface area contributed by atoms with Crippen molar-refractivity contribution in [1.29, 1.82) is 0 Å². The molecule has 1 aromatic rings. The summed E-state index contributed by atoms with van der Waals surface area (Å²) in [5, 5.41) is 9.13. The van der Waals surface area contributed by atoms with Crippen molar-refractivity contribution in [3.8, 4) is 0 Å². The number of hydrogen-bond donors (Lipinski definition) is 2. The first-order chi connectivity index (χ1) is 8.90. The molecule has 0 aromatic heterocycles. The summed E-state index contributed by atoms with van der Waals surface area (Å²) < 4.78 is 0.752. The number of nitrogens with zero attached hydrogens (tertiary/aromatic N) is 1. The van der Waals surface area contributed by atoms with Gasteiger partial charge in [-0.1, -0.05) is 6.92 Å². The largest absolute Gasteiger partial charge is 0.481 e. The minimum Gasteiger partial charge on any atom is -0.481 e. The maximum Gasteiger partial charge on any atom is 0.308 e. The zero-order valence-electron chi connectivity index (χ0n) is 10.5. The molecule has 0 aliphatic carbocycles. The lowest BCUT2D eigenvalue weighted by atomic mass is 9.99. The minimum absolute atomic E-state index is 0.0974. The topological polar surface area (TPSA) is 83.6 Å². The van der Waals surface area contributed by atoms with Gasteiger partial charge in [0, 0.05) is 23.1 Å². The molecule has 1 fully saturated rings. The van der Waals surface area contributed by atoms with Gasteiger partial charge in [0.2, 0.25) is 5.91 Å². The van der Waals surface area contributed by atoms with Crippen LogP contribution < -0.4 is 10.6 Å². The normalized spacial score (nSPS) is 22.5. The van der Waals surface area contributed by atoms with Crippen molar-refractivity contribution < 1.29 is 14.7 Å². The Balaban J connectivity index is 2.24. The van der Waals surface area contributed by atoms with Crippen molar-refractivity contribution in [3.05, 3.63) is 28.2 Å². The summed E-state index contributed by atoms with van der Waals surface area (Å²) in [6, 6.07) is 5.11.